The van der Waals surface area contributed by atoms with Crippen molar-refractivity contribution in [2.45, 2.75) is 50.2 Å². The first-order valence-electron chi connectivity index (χ1n) is 7.12. The van der Waals surface area contributed by atoms with Gasteiger partial charge in [-0.05, 0) is 30.7 Å². The molecule has 7 heteroatoms. The lowest BCUT2D eigenvalue weighted by Crippen LogP contribution is -2.37. The number of hydrogen-bond donors (Lipinski definition) is 2. The smallest absolute Gasteiger partial charge is 0.252 e. The predicted octanol–water partition coefficient (Wildman–Crippen LogP) is 2.40. The van der Waals surface area contributed by atoms with Crippen LogP contribution < -0.4 is 10.5 Å². The first kappa shape index (κ1) is 16.5. The second kappa shape index (κ2) is 6.06. The largest absolute Gasteiger partial charge is 0.351 e. The molecule has 0 bridgehead atoms. The number of sulfonamides is 1. The molecule has 1 heterocycles. The van der Waals surface area contributed by atoms with E-state index in [0.29, 0.717) is 17.7 Å². The van der Waals surface area contributed by atoms with Gasteiger partial charge in [-0.3, -0.25) is 4.79 Å². The molecule has 1 fully saturated rings. The van der Waals surface area contributed by atoms with Crippen molar-refractivity contribution in [3.05, 3.63) is 16.5 Å². The maximum atomic E-state index is 12.3. The molecule has 0 saturated heterocycles. The van der Waals surface area contributed by atoms with Crippen molar-refractivity contribution in [2.75, 3.05) is 6.54 Å². The van der Waals surface area contributed by atoms with E-state index >= 15 is 0 Å². The highest BCUT2D eigenvalue weighted by Crippen LogP contribution is 2.35. The normalized spacial score (nSPS) is 18.4. The van der Waals surface area contributed by atoms with E-state index in [1.54, 1.807) is 12.3 Å². The van der Waals surface area contributed by atoms with Crippen LogP contribution in [-0.2, 0) is 10.0 Å². The zero-order valence-corrected chi connectivity index (χ0v) is 14.1. The molecule has 0 atom stereocenters. The molecule has 21 heavy (non-hydrogen) atoms. The van der Waals surface area contributed by atoms with E-state index in [-0.39, 0.29) is 15.5 Å². The monoisotopic (exact) mass is 330 g/mol. The standard InChI is InChI=1S/C14H22N2O3S2/c1-10-11(8-20-13(10)21(15,18)19)12(17)16-9-14(2)6-4-3-5-7-14/h8H,3-7,9H2,1-2H3,(H,16,17)(H2,15,18,19). The summed E-state index contributed by atoms with van der Waals surface area (Å²) in [5.41, 5.74) is 0.998. The van der Waals surface area contributed by atoms with Crippen LogP contribution in [0.25, 0.3) is 0 Å². The summed E-state index contributed by atoms with van der Waals surface area (Å²) in [6.07, 6.45) is 5.93. The maximum absolute atomic E-state index is 12.3. The Bertz CT molecular complexity index is 629. The molecule has 118 valence electrons. The minimum Gasteiger partial charge on any atom is -0.351 e. The molecule has 3 N–H and O–H groups in total. The molecule has 2 rings (SSSR count). The molecule has 1 saturated carbocycles. The van der Waals surface area contributed by atoms with Gasteiger partial charge in [0.25, 0.3) is 5.91 Å². The highest BCUT2D eigenvalue weighted by molar-refractivity contribution is 7.91. The number of nitrogens with one attached hydrogen (secondary N) is 1. The van der Waals surface area contributed by atoms with Crippen LogP contribution >= 0.6 is 11.3 Å². The third-order valence-electron chi connectivity index (χ3n) is 4.23. The zero-order chi connectivity index (χ0) is 15.7. The number of amides is 1. The Morgan fingerprint density at radius 3 is 2.52 bits per heavy atom. The number of carbonyl (C=O) groups excluding carboxylic acids is 1. The third-order valence-corrected chi connectivity index (χ3v) is 6.92. The van der Waals surface area contributed by atoms with Gasteiger partial charge in [0.15, 0.2) is 0 Å². The van der Waals surface area contributed by atoms with Gasteiger partial charge in [0.2, 0.25) is 10.0 Å². The SMILES string of the molecule is Cc1c(C(=O)NCC2(C)CCCCC2)csc1S(N)(=O)=O. The molecule has 0 unspecified atom stereocenters. The van der Waals surface area contributed by atoms with Crippen molar-refractivity contribution in [3.63, 3.8) is 0 Å². The molecule has 0 spiro atoms. The predicted molar refractivity (Wildman–Crippen MR) is 84.0 cm³/mol. The summed E-state index contributed by atoms with van der Waals surface area (Å²) in [6, 6.07) is 0. The Hall–Kier alpha value is -0.920. The molecule has 1 aliphatic carbocycles. The van der Waals surface area contributed by atoms with Crippen molar-refractivity contribution in [2.24, 2.45) is 10.6 Å². The van der Waals surface area contributed by atoms with Crippen molar-refractivity contribution in [1.29, 1.82) is 0 Å². The second-order valence-electron chi connectivity index (χ2n) is 6.16. The third kappa shape index (κ3) is 3.84. The Labute approximate surface area is 130 Å². The second-order valence-corrected chi connectivity index (χ2v) is 8.80. The number of rotatable bonds is 4. The Morgan fingerprint density at radius 2 is 2.00 bits per heavy atom. The van der Waals surface area contributed by atoms with Gasteiger partial charge in [-0.2, -0.15) is 0 Å². The van der Waals surface area contributed by atoms with Crippen LogP contribution in [-0.4, -0.2) is 20.9 Å². The van der Waals surface area contributed by atoms with E-state index in [0.717, 1.165) is 24.2 Å². The molecule has 5 nitrogen and oxygen atoms in total. The van der Waals surface area contributed by atoms with Crippen LogP contribution in [0.2, 0.25) is 0 Å². The molecule has 0 aliphatic heterocycles. The number of primary sulfonamides is 1. The maximum Gasteiger partial charge on any atom is 0.252 e. The van der Waals surface area contributed by atoms with Crippen LogP contribution in [0.4, 0.5) is 0 Å². The van der Waals surface area contributed by atoms with Crippen molar-refractivity contribution >= 4 is 27.3 Å². The minimum absolute atomic E-state index is 0.0662. The van der Waals surface area contributed by atoms with E-state index in [1.165, 1.54) is 19.3 Å². The van der Waals surface area contributed by atoms with E-state index < -0.39 is 10.0 Å². The summed E-state index contributed by atoms with van der Waals surface area (Å²) >= 11 is 0.998. The van der Waals surface area contributed by atoms with Crippen molar-refractivity contribution < 1.29 is 13.2 Å². The molecule has 1 aliphatic rings. The lowest BCUT2D eigenvalue weighted by atomic mass is 9.76. The quantitative estimate of drug-likeness (QED) is 0.888. The zero-order valence-electron chi connectivity index (χ0n) is 12.4. The van der Waals surface area contributed by atoms with Gasteiger partial charge in [-0.15, -0.1) is 11.3 Å². The van der Waals surface area contributed by atoms with Gasteiger partial charge in [-0.1, -0.05) is 26.2 Å². The fourth-order valence-electron chi connectivity index (χ4n) is 2.87. The fraction of sp³-hybridized carbons (Fsp3) is 0.643. The topological polar surface area (TPSA) is 89.3 Å². The van der Waals surface area contributed by atoms with Gasteiger partial charge in [0.1, 0.15) is 4.21 Å². The molecule has 0 radical (unpaired) electrons. The van der Waals surface area contributed by atoms with Gasteiger partial charge >= 0.3 is 0 Å². The molecule has 0 aromatic carbocycles. The molecule has 1 amide bonds. The summed E-state index contributed by atoms with van der Waals surface area (Å²) in [7, 11) is -3.76. The number of carbonyl (C=O) groups is 1. The van der Waals surface area contributed by atoms with Gasteiger partial charge < -0.3 is 5.32 Å². The summed E-state index contributed by atoms with van der Waals surface area (Å²) in [5, 5.41) is 9.64. The van der Waals surface area contributed by atoms with Gasteiger partial charge in [0, 0.05) is 11.9 Å². The van der Waals surface area contributed by atoms with E-state index in [2.05, 4.69) is 12.2 Å². The van der Waals surface area contributed by atoms with Gasteiger partial charge in [0.05, 0.1) is 5.56 Å². The van der Waals surface area contributed by atoms with E-state index in [1.807, 2.05) is 0 Å². The molecular formula is C14H22N2O3S2. The Morgan fingerprint density at radius 1 is 1.38 bits per heavy atom. The molecule has 1 aromatic heterocycles. The van der Waals surface area contributed by atoms with Crippen LogP contribution in [0.1, 0.15) is 54.9 Å². The highest BCUT2D eigenvalue weighted by Gasteiger charge is 2.28. The fourth-order valence-corrected chi connectivity index (χ4v) is 4.89. The van der Waals surface area contributed by atoms with Crippen LogP contribution in [0.15, 0.2) is 9.59 Å². The first-order chi connectivity index (χ1) is 9.73. The average molecular weight is 330 g/mol. The molecular weight excluding hydrogens is 308 g/mol. The van der Waals surface area contributed by atoms with Crippen LogP contribution in [0.5, 0.6) is 0 Å². The highest BCUT2D eigenvalue weighted by atomic mass is 32.2. The first-order valence-corrected chi connectivity index (χ1v) is 9.55. The average Bonchev–Trinajstić information content (AvgIpc) is 2.79. The summed E-state index contributed by atoms with van der Waals surface area (Å²) in [6.45, 7) is 4.45. The molecule has 1 aromatic rings. The minimum atomic E-state index is -3.76. The van der Waals surface area contributed by atoms with E-state index in [9.17, 15) is 13.2 Å². The lowest BCUT2D eigenvalue weighted by Gasteiger charge is -2.33. The Kier molecular flexibility index (Phi) is 4.75. The van der Waals surface area contributed by atoms with E-state index in [4.69, 9.17) is 5.14 Å². The van der Waals surface area contributed by atoms with Crippen molar-refractivity contribution in [1.82, 2.24) is 5.32 Å². The number of hydrogen-bond acceptors (Lipinski definition) is 4. The van der Waals surface area contributed by atoms with Crippen molar-refractivity contribution in [3.8, 4) is 0 Å². The summed E-state index contributed by atoms with van der Waals surface area (Å²) in [5.74, 6) is -0.217. The number of nitrogens with two attached hydrogens (primary N) is 1. The number of thiophene rings is 1. The summed E-state index contributed by atoms with van der Waals surface area (Å²) < 4.78 is 22.9. The van der Waals surface area contributed by atoms with Crippen LogP contribution in [0, 0.1) is 12.3 Å². The Balaban J connectivity index is 2.06. The van der Waals surface area contributed by atoms with Crippen LogP contribution in [0.3, 0.4) is 0 Å². The summed E-state index contributed by atoms with van der Waals surface area (Å²) in [4.78, 5) is 12.3. The van der Waals surface area contributed by atoms with Gasteiger partial charge in [-0.25, -0.2) is 13.6 Å². The lowest BCUT2D eigenvalue weighted by molar-refractivity contribution is 0.0919.